The van der Waals surface area contributed by atoms with Crippen LogP contribution in [0, 0.1) is 0 Å². The van der Waals surface area contributed by atoms with Crippen LogP contribution in [0.25, 0.3) is 0 Å². The number of aliphatic imine (C=N–C) groups is 1. The van der Waals surface area contributed by atoms with Crippen LogP contribution in [0.3, 0.4) is 0 Å². The van der Waals surface area contributed by atoms with Gasteiger partial charge < -0.3 is 20.3 Å². The highest BCUT2D eigenvalue weighted by atomic mass is 127. The van der Waals surface area contributed by atoms with Gasteiger partial charge in [-0.05, 0) is 36.2 Å². The molecule has 0 spiro atoms. The van der Waals surface area contributed by atoms with Gasteiger partial charge in [0.25, 0.3) is 0 Å². The predicted molar refractivity (Wildman–Crippen MR) is 98.6 cm³/mol. The Morgan fingerprint density at radius 2 is 2.27 bits per heavy atom. The maximum absolute atomic E-state index is 10.5. The summed E-state index contributed by atoms with van der Waals surface area (Å²) in [7, 11) is 0. The number of hydrogen-bond donors (Lipinski definition) is 3. The number of hydrogen-bond acceptors (Lipinski definition) is 5. The second-order valence-corrected chi connectivity index (χ2v) is 5.61. The van der Waals surface area contributed by atoms with E-state index in [0.29, 0.717) is 19.0 Å². The topological polar surface area (TPSA) is 82.7 Å². The third-order valence-electron chi connectivity index (χ3n) is 2.98. The third kappa shape index (κ3) is 5.58. The number of nitrogens with zero attached hydrogens (tertiary/aromatic N) is 2. The van der Waals surface area contributed by atoms with Crippen LogP contribution in [-0.2, 0) is 12.1 Å². The largest absolute Gasteiger partial charge is 0.384 e. The number of thiophene rings is 1. The Labute approximate surface area is 151 Å². The van der Waals surface area contributed by atoms with Crippen molar-refractivity contribution in [2.75, 3.05) is 13.1 Å². The lowest BCUT2D eigenvalue weighted by Crippen LogP contribution is -2.44. The molecule has 1 unspecified atom stereocenters. The first-order chi connectivity index (χ1) is 10.1. The number of halogens is 1. The fourth-order valence-corrected chi connectivity index (χ4v) is 2.53. The first kappa shape index (κ1) is 18.9. The Hall–Kier alpha value is -1.13. The Morgan fingerprint density at radius 3 is 2.86 bits per heavy atom. The molecule has 0 bridgehead atoms. The van der Waals surface area contributed by atoms with Gasteiger partial charge in [-0.3, -0.25) is 0 Å². The highest BCUT2D eigenvalue weighted by Gasteiger charge is 2.23. The summed E-state index contributed by atoms with van der Waals surface area (Å²) in [5.74, 6) is 0.635. The second-order valence-electron chi connectivity index (χ2n) is 4.83. The first-order valence-electron chi connectivity index (χ1n) is 6.78. The molecule has 0 saturated carbocycles. The highest BCUT2D eigenvalue weighted by molar-refractivity contribution is 14.0. The van der Waals surface area contributed by atoms with Crippen LogP contribution in [0.1, 0.15) is 25.1 Å². The van der Waals surface area contributed by atoms with Crippen molar-refractivity contribution in [3.05, 3.63) is 40.4 Å². The van der Waals surface area contributed by atoms with Crippen molar-refractivity contribution in [1.29, 1.82) is 0 Å². The molecule has 0 aromatic carbocycles. The van der Waals surface area contributed by atoms with Gasteiger partial charge in [0.05, 0.1) is 13.1 Å². The molecule has 0 fully saturated rings. The van der Waals surface area contributed by atoms with E-state index in [1.54, 1.807) is 24.3 Å². The zero-order valence-corrected chi connectivity index (χ0v) is 15.7. The van der Waals surface area contributed by atoms with Gasteiger partial charge in [-0.1, -0.05) is 5.16 Å². The molecule has 2 aromatic rings. The van der Waals surface area contributed by atoms with Crippen molar-refractivity contribution in [3.8, 4) is 0 Å². The molecular formula is C14H21IN4O2S. The summed E-state index contributed by atoms with van der Waals surface area (Å²) in [6.45, 7) is 5.31. The van der Waals surface area contributed by atoms with E-state index < -0.39 is 5.60 Å². The Bertz CT molecular complexity index is 555. The van der Waals surface area contributed by atoms with Crippen LogP contribution < -0.4 is 10.6 Å². The van der Waals surface area contributed by atoms with Gasteiger partial charge in [0.15, 0.2) is 5.96 Å². The normalized spacial score (nSPS) is 14.0. The van der Waals surface area contributed by atoms with E-state index >= 15 is 0 Å². The fourth-order valence-electron chi connectivity index (χ4n) is 1.75. The molecule has 22 heavy (non-hydrogen) atoms. The van der Waals surface area contributed by atoms with E-state index in [-0.39, 0.29) is 24.0 Å². The second kappa shape index (κ2) is 9.11. The number of guanidine groups is 1. The molecule has 8 heteroatoms. The number of aliphatic hydroxyl groups is 1. The summed E-state index contributed by atoms with van der Waals surface area (Å²) >= 11 is 1.57. The van der Waals surface area contributed by atoms with E-state index in [4.69, 9.17) is 4.52 Å². The standard InChI is InChI=1S/C14H20N4O2S.HI/c1-3-15-13(16-8-12-4-6-20-18-12)17-10-14(2,19)11-5-7-21-9-11;/h4-7,9,19H,3,8,10H2,1-2H3,(H2,15,16,17);1H. The molecule has 2 rings (SSSR count). The molecule has 0 aliphatic heterocycles. The average Bonchev–Trinajstić information content (AvgIpc) is 3.14. The van der Waals surface area contributed by atoms with E-state index in [0.717, 1.165) is 17.8 Å². The number of nitrogens with one attached hydrogen (secondary N) is 2. The molecule has 122 valence electrons. The molecule has 0 amide bonds. The smallest absolute Gasteiger partial charge is 0.191 e. The van der Waals surface area contributed by atoms with Crippen molar-refractivity contribution in [3.63, 3.8) is 0 Å². The van der Waals surface area contributed by atoms with Gasteiger partial charge >= 0.3 is 0 Å². The number of aromatic nitrogens is 1. The van der Waals surface area contributed by atoms with Gasteiger partial charge in [0, 0.05) is 12.6 Å². The molecule has 1 atom stereocenters. The molecule has 2 heterocycles. The molecule has 0 aliphatic carbocycles. The monoisotopic (exact) mass is 436 g/mol. The van der Waals surface area contributed by atoms with Gasteiger partial charge in [0.2, 0.25) is 0 Å². The van der Waals surface area contributed by atoms with Crippen LogP contribution in [0.2, 0.25) is 0 Å². The summed E-state index contributed by atoms with van der Waals surface area (Å²) < 4.78 is 4.77. The highest BCUT2D eigenvalue weighted by Crippen LogP contribution is 2.21. The zero-order chi connectivity index (χ0) is 15.1. The lowest BCUT2D eigenvalue weighted by atomic mass is 9.99. The van der Waals surface area contributed by atoms with Crippen LogP contribution >= 0.6 is 35.3 Å². The minimum absolute atomic E-state index is 0. The SMILES string of the molecule is CCNC(=NCc1ccon1)NCC(C)(O)c1ccsc1.I. The van der Waals surface area contributed by atoms with E-state index in [2.05, 4.69) is 20.8 Å². The molecule has 0 aliphatic rings. The van der Waals surface area contributed by atoms with E-state index in [9.17, 15) is 5.11 Å². The van der Waals surface area contributed by atoms with Crippen molar-refractivity contribution in [2.24, 2.45) is 4.99 Å². The van der Waals surface area contributed by atoms with Gasteiger partial charge in [-0.2, -0.15) is 11.3 Å². The molecule has 0 radical (unpaired) electrons. The average molecular weight is 436 g/mol. The zero-order valence-electron chi connectivity index (χ0n) is 12.6. The summed E-state index contributed by atoms with van der Waals surface area (Å²) in [5, 5.41) is 24.5. The van der Waals surface area contributed by atoms with Crippen LogP contribution in [0.15, 0.2) is 38.7 Å². The molecule has 2 aromatic heterocycles. The lowest BCUT2D eigenvalue weighted by molar-refractivity contribution is 0.0621. The maximum atomic E-state index is 10.5. The Balaban J connectivity index is 0.00000242. The summed E-state index contributed by atoms with van der Waals surface area (Å²) in [5.41, 5.74) is 0.716. The Kier molecular flexibility index (Phi) is 7.83. The van der Waals surface area contributed by atoms with Crippen molar-refractivity contribution in [2.45, 2.75) is 26.0 Å². The van der Waals surface area contributed by atoms with E-state index in [1.807, 2.05) is 23.8 Å². The third-order valence-corrected chi connectivity index (χ3v) is 3.66. The summed E-state index contributed by atoms with van der Waals surface area (Å²) in [6, 6.07) is 3.69. The van der Waals surface area contributed by atoms with Crippen LogP contribution in [0.5, 0.6) is 0 Å². The quantitative estimate of drug-likeness (QED) is 0.368. The fraction of sp³-hybridized carbons (Fsp3) is 0.429. The minimum Gasteiger partial charge on any atom is -0.384 e. The molecule has 0 saturated heterocycles. The van der Waals surface area contributed by atoms with Crippen LogP contribution in [-0.4, -0.2) is 29.3 Å². The summed E-state index contributed by atoms with van der Waals surface area (Å²) in [6.07, 6.45) is 1.52. The van der Waals surface area contributed by atoms with E-state index in [1.165, 1.54) is 6.26 Å². The first-order valence-corrected chi connectivity index (χ1v) is 7.72. The summed E-state index contributed by atoms with van der Waals surface area (Å²) in [4.78, 5) is 4.40. The minimum atomic E-state index is -0.940. The maximum Gasteiger partial charge on any atom is 0.191 e. The lowest BCUT2D eigenvalue weighted by Gasteiger charge is -2.24. The van der Waals surface area contributed by atoms with Gasteiger partial charge in [-0.15, -0.1) is 24.0 Å². The predicted octanol–water partition coefficient (Wildman–Crippen LogP) is 2.32. The van der Waals surface area contributed by atoms with Gasteiger partial charge in [-0.25, -0.2) is 4.99 Å². The number of rotatable bonds is 6. The van der Waals surface area contributed by atoms with Crippen molar-refractivity contribution < 1.29 is 9.63 Å². The van der Waals surface area contributed by atoms with Gasteiger partial charge in [0.1, 0.15) is 17.6 Å². The van der Waals surface area contributed by atoms with Crippen molar-refractivity contribution >= 4 is 41.3 Å². The Morgan fingerprint density at radius 1 is 1.45 bits per heavy atom. The molecule has 3 N–H and O–H groups in total. The molecular weight excluding hydrogens is 415 g/mol. The van der Waals surface area contributed by atoms with Crippen molar-refractivity contribution in [1.82, 2.24) is 15.8 Å². The van der Waals surface area contributed by atoms with Crippen LogP contribution in [0.4, 0.5) is 0 Å². The molecule has 6 nitrogen and oxygen atoms in total.